The van der Waals surface area contributed by atoms with Crippen molar-refractivity contribution in [3.8, 4) is 0 Å². The smallest absolute Gasteiger partial charge is 0.307 e. The molecule has 0 aliphatic carbocycles. The van der Waals surface area contributed by atoms with Gasteiger partial charge in [0.25, 0.3) is 0 Å². The maximum Gasteiger partial charge on any atom is 0.307 e. The van der Waals surface area contributed by atoms with Crippen molar-refractivity contribution in [1.82, 2.24) is 0 Å². The van der Waals surface area contributed by atoms with Gasteiger partial charge in [0.1, 0.15) is 0 Å². The molecular formula is C15H21NO3. The van der Waals surface area contributed by atoms with E-state index in [0.29, 0.717) is 6.54 Å². The molecule has 4 heteroatoms. The number of carboxylic acid groups (broad SMARTS) is 1. The summed E-state index contributed by atoms with van der Waals surface area (Å²) in [4.78, 5) is 25.0. The molecule has 0 saturated heterocycles. The third-order valence-corrected chi connectivity index (χ3v) is 3.46. The van der Waals surface area contributed by atoms with Crippen molar-refractivity contribution < 1.29 is 14.7 Å². The second-order valence-electron chi connectivity index (χ2n) is 4.83. The first-order chi connectivity index (χ1) is 8.88. The summed E-state index contributed by atoms with van der Waals surface area (Å²) in [6.45, 7) is 7.62. The van der Waals surface area contributed by atoms with Crippen molar-refractivity contribution in [2.75, 3.05) is 11.4 Å². The van der Waals surface area contributed by atoms with Gasteiger partial charge in [0.05, 0.1) is 5.92 Å². The third-order valence-electron chi connectivity index (χ3n) is 3.46. The van der Waals surface area contributed by atoms with Crippen LogP contribution in [0, 0.1) is 18.8 Å². The second-order valence-corrected chi connectivity index (χ2v) is 4.83. The number of rotatable bonds is 5. The fourth-order valence-electron chi connectivity index (χ4n) is 1.86. The van der Waals surface area contributed by atoms with Crippen molar-refractivity contribution in [3.05, 3.63) is 29.8 Å². The second kappa shape index (κ2) is 6.36. The van der Waals surface area contributed by atoms with Crippen LogP contribution < -0.4 is 4.90 Å². The highest BCUT2D eigenvalue weighted by Gasteiger charge is 2.29. The van der Waals surface area contributed by atoms with E-state index < -0.39 is 17.8 Å². The van der Waals surface area contributed by atoms with E-state index in [9.17, 15) is 9.59 Å². The molecule has 4 nitrogen and oxygen atoms in total. The van der Waals surface area contributed by atoms with E-state index in [4.69, 9.17) is 5.11 Å². The molecule has 1 rings (SSSR count). The van der Waals surface area contributed by atoms with Crippen LogP contribution in [0.1, 0.15) is 26.3 Å². The minimum absolute atomic E-state index is 0.152. The Kier molecular flexibility index (Phi) is 5.10. The van der Waals surface area contributed by atoms with Crippen LogP contribution in [0.3, 0.4) is 0 Å². The predicted octanol–water partition coefficient (Wildman–Crippen LogP) is 2.70. The maximum atomic E-state index is 12.4. The first-order valence-corrected chi connectivity index (χ1v) is 6.49. The van der Waals surface area contributed by atoms with Crippen LogP contribution in [-0.4, -0.2) is 23.5 Å². The van der Waals surface area contributed by atoms with Crippen molar-refractivity contribution in [1.29, 1.82) is 0 Å². The fraction of sp³-hybridized carbons (Fsp3) is 0.467. The molecule has 0 bridgehead atoms. The molecule has 0 saturated carbocycles. The number of aliphatic carboxylic acids is 1. The Morgan fingerprint density at radius 2 is 1.68 bits per heavy atom. The molecular weight excluding hydrogens is 242 g/mol. The van der Waals surface area contributed by atoms with Gasteiger partial charge >= 0.3 is 5.97 Å². The Balaban J connectivity index is 2.94. The molecule has 0 aliphatic heterocycles. The van der Waals surface area contributed by atoms with Gasteiger partial charge in [0.15, 0.2) is 0 Å². The minimum Gasteiger partial charge on any atom is -0.481 e. The molecule has 1 aromatic carbocycles. The molecule has 0 spiro atoms. The number of hydrogen-bond acceptors (Lipinski definition) is 2. The number of anilines is 1. The number of amides is 1. The van der Waals surface area contributed by atoms with E-state index in [1.807, 2.05) is 38.1 Å². The lowest BCUT2D eigenvalue weighted by Gasteiger charge is -2.26. The SMILES string of the molecule is CCN(C(=O)C(C)C(C)C(=O)O)c1ccc(C)cc1. The Bertz CT molecular complexity index is 453. The number of carbonyl (C=O) groups is 2. The van der Waals surface area contributed by atoms with Crippen molar-refractivity contribution in [3.63, 3.8) is 0 Å². The summed E-state index contributed by atoms with van der Waals surface area (Å²) >= 11 is 0. The van der Waals surface area contributed by atoms with E-state index in [2.05, 4.69) is 0 Å². The summed E-state index contributed by atoms with van der Waals surface area (Å²) in [5.74, 6) is -2.33. The zero-order valence-electron chi connectivity index (χ0n) is 11.9. The molecule has 104 valence electrons. The molecule has 2 atom stereocenters. The first kappa shape index (κ1) is 15.2. The number of benzene rings is 1. The van der Waals surface area contributed by atoms with Crippen molar-refractivity contribution >= 4 is 17.6 Å². The number of carbonyl (C=O) groups excluding carboxylic acids is 1. The average Bonchev–Trinajstić information content (AvgIpc) is 2.39. The summed E-state index contributed by atoms with van der Waals surface area (Å²) in [7, 11) is 0. The third kappa shape index (κ3) is 3.56. The molecule has 0 radical (unpaired) electrons. The molecule has 0 fully saturated rings. The lowest BCUT2D eigenvalue weighted by molar-refractivity contribution is -0.145. The molecule has 19 heavy (non-hydrogen) atoms. The summed E-state index contributed by atoms with van der Waals surface area (Å²) < 4.78 is 0. The first-order valence-electron chi connectivity index (χ1n) is 6.49. The molecule has 0 aromatic heterocycles. The topological polar surface area (TPSA) is 57.6 Å². The van der Waals surface area contributed by atoms with E-state index >= 15 is 0 Å². The van der Waals surface area contributed by atoms with Crippen LogP contribution in [0.4, 0.5) is 5.69 Å². The summed E-state index contributed by atoms with van der Waals surface area (Å²) in [5.41, 5.74) is 1.93. The molecule has 1 amide bonds. The normalized spacial score (nSPS) is 13.7. The maximum absolute atomic E-state index is 12.4. The minimum atomic E-state index is -0.944. The zero-order chi connectivity index (χ0) is 14.6. The highest BCUT2D eigenvalue weighted by Crippen LogP contribution is 2.21. The molecule has 1 aromatic rings. The summed E-state index contributed by atoms with van der Waals surface area (Å²) in [5, 5.41) is 8.99. The molecule has 2 unspecified atom stereocenters. The van der Waals surface area contributed by atoms with Crippen molar-refractivity contribution in [2.45, 2.75) is 27.7 Å². The van der Waals surface area contributed by atoms with Crippen LogP contribution in [-0.2, 0) is 9.59 Å². The van der Waals surface area contributed by atoms with Gasteiger partial charge < -0.3 is 10.0 Å². The number of hydrogen-bond donors (Lipinski definition) is 1. The van der Waals surface area contributed by atoms with Crippen LogP contribution in [0.5, 0.6) is 0 Å². The van der Waals surface area contributed by atoms with Gasteiger partial charge in [-0.15, -0.1) is 0 Å². The van der Waals surface area contributed by atoms with Crippen molar-refractivity contribution in [2.24, 2.45) is 11.8 Å². The number of carboxylic acids is 1. The monoisotopic (exact) mass is 263 g/mol. The van der Waals surface area contributed by atoms with Gasteiger partial charge in [0.2, 0.25) is 5.91 Å². The van der Waals surface area contributed by atoms with Crippen LogP contribution in [0.2, 0.25) is 0 Å². The Labute approximate surface area is 114 Å². The van der Waals surface area contributed by atoms with Gasteiger partial charge in [-0.05, 0) is 26.0 Å². The van der Waals surface area contributed by atoms with E-state index in [1.165, 1.54) is 0 Å². The zero-order valence-corrected chi connectivity index (χ0v) is 11.9. The van der Waals surface area contributed by atoms with Gasteiger partial charge in [-0.25, -0.2) is 0 Å². The van der Waals surface area contributed by atoms with Gasteiger partial charge in [-0.1, -0.05) is 31.5 Å². The largest absolute Gasteiger partial charge is 0.481 e. The average molecular weight is 263 g/mol. The van der Waals surface area contributed by atoms with Crippen LogP contribution >= 0.6 is 0 Å². The summed E-state index contributed by atoms with van der Waals surface area (Å²) in [6, 6.07) is 7.65. The van der Waals surface area contributed by atoms with Crippen LogP contribution in [0.25, 0.3) is 0 Å². The lowest BCUT2D eigenvalue weighted by Crippen LogP contribution is -2.39. The Morgan fingerprint density at radius 1 is 1.16 bits per heavy atom. The van der Waals surface area contributed by atoms with Gasteiger partial charge in [-0.2, -0.15) is 0 Å². The van der Waals surface area contributed by atoms with E-state index in [1.54, 1.807) is 18.7 Å². The quantitative estimate of drug-likeness (QED) is 0.888. The van der Waals surface area contributed by atoms with Gasteiger partial charge in [-0.3, -0.25) is 9.59 Å². The highest BCUT2D eigenvalue weighted by molar-refractivity contribution is 5.96. The van der Waals surface area contributed by atoms with E-state index in [0.717, 1.165) is 11.3 Å². The highest BCUT2D eigenvalue weighted by atomic mass is 16.4. The number of nitrogens with zero attached hydrogens (tertiary/aromatic N) is 1. The molecule has 0 aliphatic rings. The fourth-order valence-corrected chi connectivity index (χ4v) is 1.86. The lowest BCUT2D eigenvalue weighted by atomic mass is 9.94. The standard InChI is InChI=1S/C15H21NO3/c1-5-16(13-8-6-10(2)7-9-13)14(17)11(3)12(4)15(18)19/h6-9,11-12H,5H2,1-4H3,(H,18,19). The van der Waals surface area contributed by atoms with Crippen LogP contribution in [0.15, 0.2) is 24.3 Å². The molecule has 0 heterocycles. The van der Waals surface area contributed by atoms with E-state index in [-0.39, 0.29) is 5.91 Å². The van der Waals surface area contributed by atoms with Gasteiger partial charge in [0, 0.05) is 18.2 Å². The summed E-state index contributed by atoms with van der Waals surface area (Å²) in [6.07, 6.45) is 0. The number of aryl methyl sites for hydroxylation is 1. The molecule has 1 N–H and O–H groups in total. The Morgan fingerprint density at radius 3 is 2.11 bits per heavy atom. The predicted molar refractivity (Wildman–Crippen MR) is 75.2 cm³/mol. The Hall–Kier alpha value is -1.84.